The molecule has 0 fully saturated rings. The summed E-state index contributed by atoms with van der Waals surface area (Å²) < 4.78 is 7.22. The highest BCUT2D eigenvalue weighted by atomic mass is 16.8. The monoisotopic (exact) mass is 245 g/mol. The smallest absolute Gasteiger partial charge is 0.378 e. The molecule has 0 aromatic carbocycles. The van der Waals surface area contributed by atoms with Gasteiger partial charge in [-0.05, 0) is 20.8 Å². The van der Waals surface area contributed by atoms with Crippen LogP contribution in [-0.2, 0) is 14.4 Å². The van der Waals surface area contributed by atoms with Crippen LogP contribution in [0.15, 0.2) is 0 Å². The number of carbonyl (C=O) groups is 1. The minimum Gasteiger partial charge on any atom is -0.477 e. The van der Waals surface area contributed by atoms with Crippen LogP contribution < -0.4 is 5.59 Å². The second-order valence-electron chi connectivity index (χ2n) is 5.26. The Balaban J connectivity index is 2.09. The lowest BCUT2D eigenvalue weighted by Gasteiger charge is -2.23. The van der Waals surface area contributed by atoms with Crippen LogP contribution in [0.5, 0.6) is 0 Å². The first-order valence-corrected chi connectivity index (χ1v) is 5.43. The van der Waals surface area contributed by atoms with Crippen molar-refractivity contribution in [3.63, 3.8) is 0 Å². The molecule has 17 heavy (non-hydrogen) atoms. The zero-order valence-electron chi connectivity index (χ0n) is 10.1. The fraction of sp³-hybridized carbons (Fsp3) is 0.800. The molecule has 0 aliphatic carbocycles. The molecule has 2 heterocycles. The maximum atomic E-state index is 11.0. The minimum atomic E-state index is -2.28. The van der Waals surface area contributed by atoms with E-state index in [1.165, 1.54) is 4.68 Å². The van der Waals surface area contributed by atoms with E-state index < -0.39 is 11.8 Å². The quantitative estimate of drug-likeness (QED) is 0.555. The number of hydrogen-bond acceptors (Lipinski definition) is 5. The molecule has 96 valence electrons. The maximum Gasteiger partial charge on any atom is 0.378 e. The van der Waals surface area contributed by atoms with Crippen molar-refractivity contribution in [1.29, 1.82) is 0 Å². The molecule has 0 radical (unpaired) electrons. The zero-order valence-corrected chi connectivity index (χ0v) is 10.1. The fourth-order valence-electron chi connectivity index (χ4n) is 2.04. The third kappa shape index (κ3) is 2.13. The highest BCUT2D eigenvalue weighted by Crippen LogP contribution is 2.26. The average molecular weight is 245 g/mol. The van der Waals surface area contributed by atoms with Gasteiger partial charge in [0.25, 0.3) is 5.71 Å². The van der Waals surface area contributed by atoms with Gasteiger partial charge < -0.3 is 14.9 Å². The van der Waals surface area contributed by atoms with Crippen LogP contribution in [-0.4, -0.2) is 50.6 Å². The lowest BCUT2D eigenvalue weighted by molar-refractivity contribution is -0.626. The van der Waals surface area contributed by atoms with Crippen molar-refractivity contribution in [3.8, 4) is 0 Å². The van der Waals surface area contributed by atoms with Crippen LogP contribution in [0.25, 0.3) is 0 Å². The van der Waals surface area contributed by atoms with Crippen LogP contribution in [0.4, 0.5) is 0 Å². The van der Waals surface area contributed by atoms with E-state index in [-0.39, 0.29) is 17.4 Å². The first kappa shape index (κ1) is 12.3. The molecule has 0 saturated carbocycles. The zero-order chi connectivity index (χ0) is 12.8. The number of carboxylic acids is 1. The van der Waals surface area contributed by atoms with Gasteiger partial charge in [-0.3, -0.25) is 0 Å². The molecular weight excluding hydrogens is 228 g/mol. The Morgan fingerprint density at radius 1 is 1.65 bits per heavy atom. The summed E-state index contributed by atoms with van der Waals surface area (Å²) in [6.07, 6.45) is 0.167. The summed E-state index contributed by atoms with van der Waals surface area (Å²) >= 11 is 0. The van der Waals surface area contributed by atoms with Gasteiger partial charge in [0.15, 0.2) is 0 Å². The standard InChI is InChI=1S/C10H16N2O5/c1-9(2,3)16-6-4-7-10(15,8(13)14)17-11-12(7)5-6/h6,11,15H,4-5H2,1-3H3/p+1. The van der Waals surface area contributed by atoms with E-state index in [0.29, 0.717) is 13.0 Å². The van der Waals surface area contributed by atoms with E-state index in [2.05, 4.69) is 10.4 Å². The molecule has 7 heteroatoms. The van der Waals surface area contributed by atoms with Gasteiger partial charge in [-0.25, -0.2) is 4.79 Å². The van der Waals surface area contributed by atoms with E-state index in [1.807, 2.05) is 20.8 Å². The highest BCUT2D eigenvalue weighted by molar-refractivity contribution is 6.06. The Kier molecular flexibility index (Phi) is 2.64. The molecule has 2 aliphatic rings. The van der Waals surface area contributed by atoms with Crippen molar-refractivity contribution in [2.24, 2.45) is 0 Å². The first-order chi connectivity index (χ1) is 7.72. The fourth-order valence-corrected chi connectivity index (χ4v) is 2.04. The van der Waals surface area contributed by atoms with Gasteiger partial charge in [0.05, 0.1) is 12.0 Å². The number of carboxylic acid groups (broad SMARTS) is 1. The van der Waals surface area contributed by atoms with Gasteiger partial charge in [0, 0.05) is 0 Å². The summed E-state index contributed by atoms with van der Waals surface area (Å²) in [6.45, 7) is 6.22. The summed E-state index contributed by atoms with van der Waals surface area (Å²) in [7, 11) is 0. The largest absolute Gasteiger partial charge is 0.477 e. The molecule has 3 N–H and O–H groups in total. The number of hydrazone groups is 1. The van der Waals surface area contributed by atoms with Crippen molar-refractivity contribution in [2.45, 2.75) is 44.7 Å². The Morgan fingerprint density at radius 2 is 2.29 bits per heavy atom. The van der Waals surface area contributed by atoms with Gasteiger partial charge in [0.1, 0.15) is 6.10 Å². The highest BCUT2D eigenvalue weighted by Gasteiger charge is 2.60. The predicted molar refractivity (Wildman–Crippen MR) is 56.2 cm³/mol. The number of hydrazine groups is 1. The van der Waals surface area contributed by atoms with Crippen LogP contribution in [0.2, 0.25) is 0 Å². The maximum absolute atomic E-state index is 11.0. The minimum absolute atomic E-state index is 0.160. The number of aliphatic hydroxyl groups is 1. The van der Waals surface area contributed by atoms with E-state index in [0.717, 1.165) is 0 Å². The predicted octanol–water partition coefficient (Wildman–Crippen LogP) is -0.750. The SMILES string of the molecule is CC(C)(C)OC1CC2=[N+](C1)NOC2(O)C(=O)O. The second kappa shape index (κ2) is 3.66. The Labute approximate surface area is 98.6 Å². The topological polar surface area (TPSA) is 91.0 Å². The average Bonchev–Trinajstić information content (AvgIpc) is 2.65. The van der Waals surface area contributed by atoms with Crippen LogP contribution >= 0.6 is 0 Å². The molecule has 2 aliphatic heterocycles. The third-order valence-electron chi connectivity index (χ3n) is 2.64. The number of nitrogens with one attached hydrogen (secondary N) is 1. The Bertz CT molecular complexity index is 387. The molecule has 0 aromatic rings. The lowest BCUT2D eigenvalue weighted by atomic mass is 10.1. The van der Waals surface area contributed by atoms with Crippen molar-refractivity contribution in [3.05, 3.63) is 0 Å². The molecule has 2 atom stereocenters. The molecule has 7 nitrogen and oxygen atoms in total. The number of nitrogens with zero attached hydrogens (tertiary/aromatic N) is 1. The summed E-state index contributed by atoms with van der Waals surface area (Å²) in [5, 5.41) is 18.8. The summed E-state index contributed by atoms with van der Waals surface area (Å²) in [5.41, 5.74) is 2.36. The molecule has 2 unspecified atom stereocenters. The summed E-state index contributed by atoms with van der Waals surface area (Å²) in [4.78, 5) is 15.6. The summed E-state index contributed by atoms with van der Waals surface area (Å²) in [6, 6.07) is 0. The molecule has 0 saturated heterocycles. The van der Waals surface area contributed by atoms with Crippen molar-refractivity contribution < 1.29 is 29.3 Å². The first-order valence-electron chi connectivity index (χ1n) is 5.43. The van der Waals surface area contributed by atoms with Crippen LogP contribution in [0.1, 0.15) is 27.2 Å². The van der Waals surface area contributed by atoms with Crippen molar-refractivity contribution >= 4 is 11.7 Å². The summed E-state index contributed by atoms with van der Waals surface area (Å²) in [5.74, 6) is -3.71. The van der Waals surface area contributed by atoms with Crippen LogP contribution in [0, 0.1) is 0 Å². The third-order valence-corrected chi connectivity index (χ3v) is 2.64. The number of ether oxygens (including phenoxy) is 1. The van der Waals surface area contributed by atoms with E-state index in [9.17, 15) is 9.90 Å². The Hall–Kier alpha value is -1.18. The van der Waals surface area contributed by atoms with Gasteiger partial charge in [0.2, 0.25) is 6.54 Å². The molecule has 0 aromatic heterocycles. The Morgan fingerprint density at radius 3 is 2.82 bits per heavy atom. The molecule has 2 rings (SSSR count). The van der Waals surface area contributed by atoms with E-state index in [4.69, 9.17) is 9.84 Å². The van der Waals surface area contributed by atoms with Crippen molar-refractivity contribution in [1.82, 2.24) is 5.59 Å². The lowest BCUT2D eigenvalue weighted by Crippen LogP contribution is -2.47. The van der Waals surface area contributed by atoms with Gasteiger partial charge in [-0.2, -0.15) is 4.84 Å². The van der Waals surface area contributed by atoms with Gasteiger partial charge in [-0.1, -0.05) is 10.3 Å². The normalized spacial score (nSPS) is 32.6. The number of aliphatic carboxylic acids is 1. The number of hydrogen-bond donors (Lipinski definition) is 3. The molecule has 0 amide bonds. The van der Waals surface area contributed by atoms with Gasteiger partial charge >= 0.3 is 11.8 Å². The van der Waals surface area contributed by atoms with Crippen LogP contribution in [0.3, 0.4) is 0 Å². The van der Waals surface area contributed by atoms with E-state index >= 15 is 0 Å². The molecule has 0 bridgehead atoms. The number of rotatable bonds is 2. The van der Waals surface area contributed by atoms with Crippen molar-refractivity contribution in [2.75, 3.05) is 6.54 Å². The van der Waals surface area contributed by atoms with E-state index in [1.54, 1.807) is 0 Å². The second-order valence-corrected chi connectivity index (χ2v) is 5.26. The molecule has 0 spiro atoms. The van der Waals surface area contributed by atoms with Gasteiger partial charge in [-0.15, -0.1) is 0 Å². The molecular formula is C10H17N2O5+.